The van der Waals surface area contributed by atoms with Crippen LogP contribution in [0.3, 0.4) is 0 Å². The van der Waals surface area contributed by atoms with E-state index in [1.807, 2.05) is 6.07 Å². The van der Waals surface area contributed by atoms with E-state index in [-0.39, 0.29) is 11.5 Å². The number of aromatic nitrogens is 2. The van der Waals surface area contributed by atoms with Crippen LogP contribution in [0.5, 0.6) is 0 Å². The van der Waals surface area contributed by atoms with E-state index < -0.39 is 10.0 Å². The predicted octanol–water partition coefficient (Wildman–Crippen LogP) is 1.09. The molecule has 20 heavy (non-hydrogen) atoms. The molecule has 0 fully saturated rings. The molecule has 6 nitrogen and oxygen atoms in total. The Hall–Kier alpha value is -1.86. The molecule has 1 aromatic carbocycles. The van der Waals surface area contributed by atoms with E-state index in [4.69, 9.17) is 5.11 Å². The Morgan fingerprint density at radius 3 is 2.65 bits per heavy atom. The molecule has 0 radical (unpaired) electrons. The lowest BCUT2D eigenvalue weighted by molar-refractivity contribution is 0.277. The lowest BCUT2D eigenvalue weighted by Crippen LogP contribution is -2.26. The van der Waals surface area contributed by atoms with Crippen molar-refractivity contribution in [1.82, 2.24) is 9.78 Å². The Balaban J connectivity index is 2.24. The highest BCUT2D eigenvalue weighted by molar-refractivity contribution is 7.92. The number of para-hydroxylation sites is 1. The minimum atomic E-state index is -3.61. The molecule has 0 bridgehead atoms. The van der Waals surface area contributed by atoms with Crippen molar-refractivity contribution in [2.45, 2.75) is 17.9 Å². The predicted molar refractivity (Wildman–Crippen MR) is 76.0 cm³/mol. The minimum absolute atomic E-state index is 0.0475. The summed E-state index contributed by atoms with van der Waals surface area (Å²) < 4.78 is 27.6. The third-order valence-electron chi connectivity index (χ3n) is 2.93. The number of benzene rings is 1. The van der Waals surface area contributed by atoms with E-state index >= 15 is 0 Å². The second-order valence-electron chi connectivity index (χ2n) is 4.32. The zero-order valence-electron chi connectivity index (χ0n) is 11.2. The fourth-order valence-corrected chi connectivity index (χ4v) is 2.92. The zero-order chi connectivity index (χ0) is 14.6. The van der Waals surface area contributed by atoms with Gasteiger partial charge in [0.15, 0.2) is 0 Å². The van der Waals surface area contributed by atoms with Crippen molar-refractivity contribution in [3.8, 4) is 0 Å². The van der Waals surface area contributed by atoms with Gasteiger partial charge in [0.25, 0.3) is 10.0 Å². The maximum absolute atomic E-state index is 12.4. The maximum atomic E-state index is 12.4. The van der Waals surface area contributed by atoms with Crippen LogP contribution in [0.25, 0.3) is 0 Å². The van der Waals surface area contributed by atoms with Gasteiger partial charge in [-0.15, -0.1) is 0 Å². The average Bonchev–Trinajstić information content (AvgIpc) is 2.94. The first-order valence-electron chi connectivity index (χ1n) is 6.23. The quantitative estimate of drug-likeness (QED) is 0.865. The van der Waals surface area contributed by atoms with Crippen LogP contribution in [-0.4, -0.2) is 37.0 Å². The zero-order valence-corrected chi connectivity index (χ0v) is 12.0. The maximum Gasteiger partial charge on any atom is 0.267 e. The van der Waals surface area contributed by atoms with Gasteiger partial charge in [-0.1, -0.05) is 18.2 Å². The summed E-state index contributed by atoms with van der Waals surface area (Å²) in [6.45, 7) is 0.535. The number of sulfonamides is 1. The van der Waals surface area contributed by atoms with Gasteiger partial charge in [0, 0.05) is 26.4 Å². The molecule has 1 heterocycles. The smallest absolute Gasteiger partial charge is 0.267 e. The van der Waals surface area contributed by atoms with E-state index in [1.54, 1.807) is 24.3 Å². The highest BCUT2D eigenvalue weighted by atomic mass is 32.2. The van der Waals surface area contributed by atoms with Gasteiger partial charge in [-0.2, -0.15) is 5.10 Å². The Kier molecular flexibility index (Phi) is 4.41. The Morgan fingerprint density at radius 2 is 2.00 bits per heavy atom. The number of aryl methyl sites for hydroxylation is 1. The minimum Gasteiger partial charge on any atom is -0.396 e. The number of rotatable bonds is 6. The van der Waals surface area contributed by atoms with E-state index in [0.29, 0.717) is 18.7 Å². The molecule has 1 aromatic heterocycles. The topological polar surface area (TPSA) is 75.4 Å². The number of hydrogen-bond acceptors (Lipinski definition) is 4. The fraction of sp³-hybridized carbons (Fsp3) is 0.308. The second-order valence-corrected chi connectivity index (χ2v) is 6.29. The van der Waals surface area contributed by atoms with Gasteiger partial charge < -0.3 is 5.11 Å². The van der Waals surface area contributed by atoms with Crippen LogP contribution in [0.4, 0.5) is 5.69 Å². The standard InChI is InChI=1S/C13H17N3O3S/c1-15(12-6-3-2-4-7-12)20(18,19)13-10-14-16(11-13)8-5-9-17/h2-4,6-7,10-11,17H,5,8-9H2,1H3. The van der Waals surface area contributed by atoms with Gasteiger partial charge in [0.1, 0.15) is 4.90 Å². The van der Waals surface area contributed by atoms with Crippen molar-refractivity contribution >= 4 is 15.7 Å². The lowest BCUT2D eigenvalue weighted by atomic mass is 10.3. The molecule has 2 aromatic rings. The van der Waals surface area contributed by atoms with Crippen LogP contribution in [0.15, 0.2) is 47.6 Å². The van der Waals surface area contributed by atoms with Crippen LogP contribution in [0, 0.1) is 0 Å². The van der Waals surface area contributed by atoms with Crippen molar-refractivity contribution in [1.29, 1.82) is 0 Å². The van der Waals surface area contributed by atoms with Crippen molar-refractivity contribution < 1.29 is 13.5 Å². The fourth-order valence-electron chi connectivity index (χ4n) is 1.77. The molecule has 1 N–H and O–H groups in total. The van der Waals surface area contributed by atoms with Gasteiger partial charge >= 0.3 is 0 Å². The van der Waals surface area contributed by atoms with Crippen molar-refractivity contribution in [2.75, 3.05) is 18.0 Å². The Morgan fingerprint density at radius 1 is 1.30 bits per heavy atom. The van der Waals surface area contributed by atoms with Gasteiger partial charge in [-0.3, -0.25) is 8.99 Å². The summed E-state index contributed by atoms with van der Waals surface area (Å²) in [5.41, 5.74) is 0.593. The highest BCUT2D eigenvalue weighted by Crippen LogP contribution is 2.20. The Bertz CT molecular complexity index is 653. The van der Waals surface area contributed by atoms with Crippen LogP contribution < -0.4 is 4.31 Å². The second kappa shape index (κ2) is 6.06. The van der Waals surface area contributed by atoms with Crippen LogP contribution in [0.1, 0.15) is 6.42 Å². The first kappa shape index (κ1) is 14.5. The molecule has 0 aliphatic heterocycles. The molecule has 2 rings (SSSR count). The molecule has 108 valence electrons. The SMILES string of the molecule is CN(c1ccccc1)S(=O)(=O)c1cnn(CCCO)c1. The van der Waals surface area contributed by atoms with Crippen molar-refractivity contribution in [3.05, 3.63) is 42.7 Å². The van der Waals surface area contributed by atoms with Gasteiger partial charge in [-0.25, -0.2) is 8.42 Å². The average molecular weight is 295 g/mol. The normalized spacial score (nSPS) is 11.5. The third-order valence-corrected chi connectivity index (χ3v) is 4.67. The van der Waals surface area contributed by atoms with Crippen LogP contribution in [-0.2, 0) is 16.6 Å². The molecular formula is C13H17N3O3S. The number of aliphatic hydroxyl groups excluding tert-OH is 1. The van der Waals surface area contributed by atoms with E-state index in [2.05, 4.69) is 5.10 Å². The van der Waals surface area contributed by atoms with E-state index in [9.17, 15) is 8.42 Å². The Labute approximate surface area is 118 Å². The number of nitrogens with zero attached hydrogens (tertiary/aromatic N) is 3. The highest BCUT2D eigenvalue weighted by Gasteiger charge is 2.22. The molecule has 0 unspecified atom stereocenters. The number of anilines is 1. The summed E-state index contributed by atoms with van der Waals surface area (Å²) in [6.07, 6.45) is 3.34. The largest absolute Gasteiger partial charge is 0.396 e. The van der Waals surface area contributed by atoms with Crippen LogP contribution in [0.2, 0.25) is 0 Å². The number of hydrogen-bond donors (Lipinski definition) is 1. The summed E-state index contributed by atoms with van der Waals surface area (Å²) >= 11 is 0. The molecule has 7 heteroatoms. The third kappa shape index (κ3) is 3.00. The van der Waals surface area contributed by atoms with Gasteiger partial charge in [-0.05, 0) is 18.6 Å². The lowest BCUT2D eigenvalue weighted by Gasteiger charge is -2.18. The molecular weight excluding hydrogens is 278 g/mol. The van der Waals surface area contributed by atoms with Crippen LogP contribution >= 0.6 is 0 Å². The molecule has 0 saturated heterocycles. The van der Waals surface area contributed by atoms with Crippen molar-refractivity contribution in [3.63, 3.8) is 0 Å². The summed E-state index contributed by atoms with van der Waals surface area (Å²) in [4.78, 5) is 0.141. The molecule has 0 atom stereocenters. The number of aliphatic hydroxyl groups is 1. The monoisotopic (exact) mass is 295 g/mol. The molecule has 0 saturated carbocycles. The molecule has 0 aliphatic carbocycles. The summed E-state index contributed by atoms with van der Waals surface area (Å²) in [5, 5.41) is 12.8. The van der Waals surface area contributed by atoms with Gasteiger partial charge in [0.05, 0.1) is 11.9 Å². The first-order valence-corrected chi connectivity index (χ1v) is 7.67. The summed E-state index contributed by atoms with van der Waals surface area (Å²) in [5.74, 6) is 0. The van der Waals surface area contributed by atoms with E-state index in [1.165, 1.54) is 28.4 Å². The first-order chi connectivity index (χ1) is 9.55. The molecule has 0 spiro atoms. The van der Waals surface area contributed by atoms with Crippen molar-refractivity contribution in [2.24, 2.45) is 0 Å². The summed E-state index contributed by atoms with van der Waals surface area (Å²) in [7, 11) is -2.10. The summed E-state index contributed by atoms with van der Waals surface area (Å²) in [6, 6.07) is 8.86. The van der Waals surface area contributed by atoms with E-state index in [0.717, 1.165) is 0 Å². The van der Waals surface area contributed by atoms with Gasteiger partial charge in [0.2, 0.25) is 0 Å². The molecule has 0 amide bonds. The molecule has 0 aliphatic rings.